The van der Waals surface area contributed by atoms with Crippen molar-refractivity contribution in [2.75, 3.05) is 0 Å². The van der Waals surface area contributed by atoms with Gasteiger partial charge in [0.25, 0.3) is 0 Å². The lowest BCUT2D eigenvalue weighted by atomic mass is 10.2. The van der Waals surface area contributed by atoms with Gasteiger partial charge in [0.05, 0.1) is 17.9 Å². The van der Waals surface area contributed by atoms with Crippen LogP contribution in [0.1, 0.15) is 31.7 Å². The van der Waals surface area contributed by atoms with Crippen molar-refractivity contribution >= 4 is 0 Å². The summed E-state index contributed by atoms with van der Waals surface area (Å²) < 4.78 is 10.0. The number of furan rings is 1. The molecule has 2 rings (SSSR count). The smallest absolute Gasteiger partial charge is 0.243 e. The van der Waals surface area contributed by atoms with Gasteiger partial charge in [-0.25, -0.2) is 0 Å². The molecule has 0 radical (unpaired) electrons. The number of hydrogen-bond donors (Lipinski definition) is 1. The minimum absolute atomic E-state index is 0.178. The molecule has 0 fully saturated rings. The topological polar surface area (TPSA) is 78.1 Å². The summed E-state index contributed by atoms with van der Waals surface area (Å²) in [6.07, 6.45) is 4.97. The van der Waals surface area contributed by atoms with E-state index in [0.29, 0.717) is 11.7 Å². The van der Waals surface area contributed by atoms with Gasteiger partial charge in [0, 0.05) is 0 Å². The molecule has 0 amide bonds. The lowest BCUT2D eigenvalue weighted by molar-refractivity contribution is 0.348. The van der Waals surface area contributed by atoms with Crippen LogP contribution in [0.25, 0.3) is 11.4 Å². The summed E-state index contributed by atoms with van der Waals surface area (Å²) in [5.41, 5.74) is 6.65. The Hall–Kier alpha value is -1.62. The quantitative estimate of drug-likeness (QED) is 0.830. The molecule has 0 aromatic carbocycles. The summed E-state index contributed by atoms with van der Waals surface area (Å²) in [5, 5.41) is 3.84. The zero-order valence-corrected chi connectivity index (χ0v) is 8.51. The van der Waals surface area contributed by atoms with E-state index in [4.69, 9.17) is 14.7 Å². The van der Waals surface area contributed by atoms with E-state index in [-0.39, 0.29) is 6.04 Å². The van der Waals surface area contributed by atoms with Gasteiger partial charge in [-0.15, -0.1) is 0 Å². The highest BCUT2D eigenvalue weighted by atomic mass is 16.5. The Morgan fingerprint density at radius 3 is 3.07 bits per heavy atom. The van der Waals surface area contributed by atoms with Crippen molar-refractivity contribution in [3.8, 4) is 11.4 Å². The third-order valence-corrected chi connectivity index (χ3v) is 2.14. The fourth-order valence-electron chi connectivity index (χ4n) is 1.33. The minimum Gasteiger partial charge on any atom is -0.472 e. The molecule has 80 valence electrons. The third kappa shape index (κ3) is 2.07. The molecule has 0 bridgehead atoms. The molecule has 2 heterocycles. The van der Waals surface area contributed by atoms with Gasteiger partial charge < -0.3 is 14.7 Å². The SMILES string of the molecule is CCC[C@@H](N)c1nc(-c2ccoc2)no1. The van der Waals surface area contributed by atoms with Gasteiger partial charge in [-0.2, -0.15) is 4.98 Å². The second-order valence-electron chi connectivity index (χ2n) is 3.36. The normalized spacial score (nSPS) is 12.9. The standard InChI is InChI=1S/C10H13N3O2/c1-2-3-8(11)10-12-9(13-15-10)7-4-5-14-6-7/h4-6,8H,2-3,11H2,1H3/t8-/m1/s1. The van der Waals surface area contributed by atoms with E-state index in [2.05, 4.69) is 17.1 Å². The van der Waals surface area contributed by atoms with Crippen LogP contribution < -0.4 is 5.73 Å². The van der Waals surface area contributed by atoms with Crippen molar-refractivity contribution in [2.24, 2.45) is 5.73 Å². The van der Waals surface area contributed by atoms with Crippen molar-refractivity contribution in [2.45, 2.75) is 25.8 Å². The van der Waals surface area contributed by atoms with Gasteiger partial charge in [-0.3, -0.25) is 0 Å². The van der Waals surface area contributed by atoms with Crippen molar-refractivity contribution in [1.29, 1.82) is 0 Å². The average molecular weight is 207 g/mol. The summed E-state index contributed by atoms with van der Waals surface area (Å²) in [5.74, 6) is 0.998. The van der Waals surface area contributed by atoms with Crippen LogP contribution in [0.2, 0.25) is 0 Å². The molecule has 1 atom stereocenters. The number of nitrogens with zero attached hydrogens (tertiary/aromatic N) is 2. The van der Waals surface area contributed by atoms with Gasteiger partial charge in [0.15, 0.2) is 0 Å². The van der Waals surface area contributed by atoms with Gasteiger partial charge in [0.2, 0.25) is 11.7 Å². The molecule has 0 saturated heterocycles. The number of rotatable bonds is 4. The Kier molecular flexibility index (Phi) is 2.82. The van der Waals surface area contributed by atoms with Gasteiger partial charge in [-0.05, 0) is 12.5 Å². The van der Waals surface area contributed by atoms with Gasteiger partial charge >= 0.3 is 0 Å². The molecule has 0 aliphatic carbocycles. The Balaban J connectivity index is 2.17. The van der Waals surface area contributed by atoms with Crippen LogP contribution >= 0.6 is 0 Å². The Labute approximate surface area is 87.3 Å². The number of aromatic nitrogens is 2. The van der Waals surface area contributed by atoms with E-state index in [1.54, 1.807) is 18.6 Å². The maximum Gasteiger partial charge on any atom is 0.243 e. The molecule has 0 aliphatic heterocycles. The largest absolute Gasteiger partial charge is 0.472 e. The molecule has 5 nitrogen and oxygen atoms in total. The predicted octanol–water partition coefficient (Wildman–Crippen LogP) is 2.13. The summed E-state index contributed by atoms with van der Waals surface area (Å²) in [7, 11) is 0. The molecular formula is C10H13N3O2. The van der Waals surface area contributed by atoms with Gasteiger partial charge in [-0.1, -0.05) is 18.5 Å². The average Bonchev–Trinajstić information content (AvgIpc) is 2.89. The second-order valence-corrected chi connectivity index (χ2v) is 3.36. The lowest BCUT2D eigenvalue weighted by Crippen LogP contribution is -2.09. The van der Waals surface area contributed by atoms with Gasteiger partial charge in [0.1, 0.15) is 6.26 Å². The first-order valence-corrected chi connectivity index (χ1v) is 4.93. The highest BCUT2D eigenvalue weighted by molar-refractivity contribution is 5.51. The predicted molar refractivity (Wildman–Crippen MR) is 53.8 cm³/mol. The molecular weight excluding hydrogens is 194 g/mol. The van der Waals surface area contributed by atoms with E-state index in [9.17, 15) is 0 Å². The fraction of sp³-hybridized carbons (Fsp3) is 0.400. The minimum atomic E-state index is -0.178. The van der Waals surface area contributed by atoms with Crippen LogP contribution in [0, 0.1) is 0 Å². The van der Waals surface area contributed by atoms with Crippen LogP contribution in [0.15, 0.2) is 27.5 Å². The summed E-state index contributed by atoms with van der Waals surface area (Å²) >= 11 is 0. The van der Waals surface area contributed by atoms with Crippen LogP contribution in [0.3, 0.4) is 0 Å². The van der Waals surface area contributed by atoms with Crippen molar-refractivity contribution in [1.82, 2.24) is 10.1 Å². The molecule has 0 spiro atoms. The maximum absolute atomic E-state index is 5.85. The molecule has 5 heteroatoms. The van der Waals surface area contributed by atoms with E-state index in [0.717, 1.165) is 18.4 Å². The van der Waals surface area contributed by atoms with Crippen molar-refractivity contribution in [3.63, 3.8) is 0 Å². The van der Waals surface area contributed by atoms with Crippen LogP contribution in [0.4, 0.5) is 0 Å². The lowest BCUT2D eigenvalue weighted by Gasteiger charge is -2.01. The second kappa shape index (κ2) is 4.27. The van der Waals surface area contributed by atoms with E-state index in [1.165, 1.54) is 0 Å². The summed E-state index contributed by atoms with van der Waals surface area (Å²) in [6, 6.07) is 1.60. The highest BCUT2D eigenvalue weighted by Gasteiger charge is 2.15. The van der Waals surface area contributed by atoms with E-state index >= 15 is 0 Å². The molecule has 0 unspecified atom stereocenters. The zero-order chi connectivity index (χ0) is 10.7. The molecule has 2 aromatic rings. The van der Waals surface area contributed by atoms with E-state index in [1.807, 2.05) is 0 Å². The van der Waals surface area contributed by atoms with Crippen LogP contribution in [0.5, 0.6) is 0 Å². The highest BCUT2D eigenvalue weighted by Crippen LogP contribution is 2.19. The number of nitrogens with two attached hydrogens (primary N) is 1. The van der Waals surface area contributed by atoms with Crippen LogP contribution in [-0.4, -0.2) is 10.1 Å². The Morgan fingerprint density at radius 1 is 1.53 bits per heavy atom. The molecule has 0 saturated carbocycles. The summed E-state index contributed by atoms with van der Waals surface area (Å²) in [6.45, 7) is 2.06. The third-order valence-electron chi connectivity index (χ3n) is 2.14. The molecule has 2 N–H and O–H groups in total. The molecule has 0 aliphatic rings. The summed E-state index contributed by atoms with van der Waals surface area (Å²) in [4.78, 5) is 4.21. The van der Waals surface area contributed by atoms with Crippen molar-refractivity contribution in [3.05, 3.63) is 24.5 Å². The monoisotopic (exact) mass is 207 g/mol. The Morgan fingerprint density at radius 2 is 2.40 bits per heavy atom. The first kappa shape index (κ1) is 9.92. The zero-order valence-electron chi connectivity index (χ0n) is 8.51. The first-order chi connectivity index (χ1) is 7.31. The Bertz CT molecular complexity index is 408. The fourth-order valence-corrected chi connectivity index (χ4v) is 1.33. The van der Waals surface area contributed by atoms with Crippen molar-refractivity contribution < 1.29 is 8.94 Å². The molecule has 15 heavy (non-hydrogen) atoms. The molecule has 2 aromatic heterocycles. The van der Waals surface area contributed by atoms with E-state index < -0.39 is 0 Å². The first-order valence-electron chi connectivity index (χ1n) is 4.93. The van der Waals surface area contributed by atoms with Crippen LogP contribution in [-0.2, 0) is 0 Å². The number of hydrogen-bond acceptors (Lipinski definition) is 5. The maximum atomic E-state index is 5.85.